The van der Waals surface area contributed by atoms with Crippen LogP contribution in [0.3, 0.4) is 0 Å². The topological polar surface area (TPSA) is 78.7 Å². The summed E-state index contributed by atoms with van der Waals surface area (Å²) in [5.74, 6) is 0.290. The SMILES string of the molecule is CC(C)C(C(=O)N1CCCC(C(=O)NCCN)C1)N(C)C.Cl.Cl. The number of likely N-dealkylation sites (N-methyl/N-ethyl adjacent to an activating group) is 1. The summed E-state index contributed by atoms with van der Waals surface area (Å²) in [6.07, 6.45) is 1.72. The maximum atomic E-state index is 12.7. The first kappa shape index (κ1) is 24.7. The number of nitrogens with zero attached hydrogens (tertiary/aromatic N) is 2. The number of piperidine rings is 1. The maximum absolute atomic E-state index is 12.7. The predicted molar refractivity (Wildman–Crippen MR) is 98.2 cm³/mol. The Labute approximate surface area is 152 Å². The third-order valence-corrected chi connectivity index (χ3v) is 3.99. The smallest absolute Gasteiger partial charge is 0.240 e. The van der Waals surface area contributed by atoms with Crippen LogP contribution in [0.2, 0.25) is 0 Å². The molecule has 23 heavy (non-hydrogen) atoms. The molecule has 6 nitrogen and oxygen atoms in total. The number of halogens is 2. The second kappa shape index (κ2) is 11.9. The standard InChI is InChI=1S/C15H30N4O2.2ClH/c1-11(2)13(18(3)4)15(21)19-9-5-6-12(10-19)14(20)17-8-7-16;;/h11-13H,5-10,16H2,1-4H3,(H,17,20);2*1H. The predicted octanol–water partition coefficient (Wildman–Crippen LogP) is 0.730. The van der Waals surface area contributed by atoms with E-state index in [0.29, 0.717) is 19.6 Å². The molecule has 2 amide bonds. The molecule has 0 spiro atoms. The number of hydrogen-bond acceptors (Lipinski definition) is 4. The Hall–Kier alpha value is -0.560. The summed E-state index contributed by atoms with van der Waals surface area (Å²) < 4.78 is 0. The Bertz CT molecular complexity index is 359. The van der Waals surface area contributed by atoms with Gasteiger partial charge in [-0.25, -0.2) is 0 Å². The van der Waals surface area contributed by atoms with Gasteiger partial charge >= 0.3 is 0 Å². The van der Waals surface area contributed by atoms with Crippen LogP contribution in [0.5, 0.6) is 0 Å². The van der Waals surface area contributed by atoms with Gasteiger partial charge in [0.1, 0.15) is 0 Å². The minimum Gasteiger partial charge on any atom is -0.355 e. The molecule has 1 aliphatic rings. The van der Waals surface area contributed by atoms with Gasteiger partial charge in [0.2, 0.25) is 11.8 Å². The van der Waals surface area contributed by atoms with Crippen molar-refractivity contribution in [2.24, 2.45) is 17.6 Å². The molecule has 1 heterocycles. The van der Waals surface area contributed by atoms with Crippen LogP contribution in [0.4, 0.5) is 0 Å². The van der Waals surface area contributed by atoms with Gasteiger partial charge < -0.3 is 16.0 Å². The monoisotopic (exact) mass is 370 g/mol. The fraction of sp³-hybridized carbons (Fsp3) is 0.867. The fourth-order valence-corrected chi connectivity index (χ4v) is 3.02. The summed E-state index contributed by atoms with van der Waals surface area (Å²) in [6, 6.07) is -0.129. The molecule has 1 saturated heterocycles. The van der Waals surface area contributed by atoms with E-state index in [0.717, 1.165) is 19.4 Å². The van der Waals surface area contributed by atoms with E-state index in [4.69, 9.17) is 5.73 Å². The first-order chi connectivity index (χ1) is 9.88. The second-order valence-electron chi connectivity index (χ2n) is 6.36. The number of nitrogens with two attached hydrogens (primary N) is 1. The van der Waals surface area contributed by atoms with Crippen LogP contribution in [0.1, 0.15) is 26.7 Å². The van der Waals surface area contributed by atoms with Gasteiger partial charge in [-0.15, -0.1) is 24.8 Å². The normalized spacial score (nSPS) is 18.9. The van der Waals surface area contributed by atoms with E-state index in [9.17, 15) is 9.59 Å². The second-order valence-corrected chi connectivity index (χ2v) is 6.36. The Morgan fingerprint density at radius 2 is 1.91 bits per heavy atom. The van der Waals surface area contributed by atoms with Crippen molar-refractivity contribution in [3.63, 3.8) is 0 Å². The molecule has 0 aliphatic carbocycles. The lowest BCUT2D eigenvalue weighted by Gasteiger charge is -2.37. The van der Waals surface area contributed by atoms with Crippen molar-refractivity contribution in [3.8, 4) is 0 Å². The van der Waals surface area contributed by atoms with Crippen LogP contribution in [-0.4, -0.2) is 67.9 Å². The lowest BCUT2D eigenvalue weighted by molar-refractivity contribution is -0.141. The molecule has 1 fully saturated rings. The largest absolute Gasteiger partial charge is 0.355 e. The van der Waals surface area contributed by atoms with Crippen LogP contribution in [0.25, 0.3) is 0 Å². The molecule has 2 unspecified atom stereocenters. The number of carbonyl (C=O) groups is 2. The van der Waals surface area contributed by atoms with E-state index >= 15 is 0 Å². The van der Waals surface area contributed by atoms with E-state index in [1.165, 1.54) is 0 Å². The highest BCUT2D eigenvalue weighted by Gasteiger charge is 2.33. The quantitative estimate of drug-likeness (QED) is 0.722. The third-order valence-electron chi connectivity index (χ3n) is 3.99. The van der Waals surface area contributed by atoms with Gasteiger partial charge in [-0.2, -0.15) is 0 Å². The summed E-state index contributed by atoms with van der Waals surface area (Å²) in [4.78, 5) is 28.6. The van der Waals surface area contributed by atoms with Gasteiger partial charge in [0, 0.05) is 26.2 Å². The molecule has 0 aromatic carbocycles. The van der Waals surface area contributed by atoms with Gasteiger partial charge in [0.05, 0.1) is 12.0 Å². The van der Waals surface area contributed by atoms with Gasteiger partial charge in [-0.05, 0) is 32.9 Å². The molecule has 0 aromatic rings. The molecule has 1 rings (SSSR count). The van der Waals surface area contributed by atoms with Gasteiger partial charge in [0.15, 0.2) is 0 Å². The van der Waals surface area contributed by atoms with Crippen molar-refractivity contribution in [1.82, 2.24) is 15.1 Å². The minimum atomic E-state index is -0.129. The first-order valence-electron chi connectivity index (χ1n) is 7.81. The summed E-state index contributed by atoms with van der Waals surface area (Å²) in [6.45, 7) is 6.31. The van der Waals surface area contributed by atoms with Crippen molar-refractivity contribution in [3.05, 3.63) is 0 Å². The zero-order valence-corrected chi connectivity index (χ0v) is 16.2. The average Bonchev–Trinajstić information content (AvgIpc) is 2.44. The fourth-order valence-electron chi connectivity index (χ4n) is 3.02. The molecule has 2 atom stereocenters. The van der Waals surface area contributed by atoms with Crippen molar-refractivity contribution < 1.29 is 9.59 Å². The van der Waals surface area contributed by atoms with Crippen molar-refractivity contribution in [2.45, 2.75) is 32.7 Å². The Morgan fingerprint density at radius 3 is 2.39 bits per heavy atom. The first-order valence-corrected chi connectivity index (χ1v) is 7.81. The van der Waals surface area contributed by atoms with E-state index in [-0.39, 0.29) is 54.5 Å². The minimum absolute atomic E-state index is 0. The number of hydrogen-bond donors (Lipinski definition) is 2. The number of rotatable bonds is 6. The van der Waals surface area contributed by atoms with E-state index in [1.807, 2.05) is 23.9 Å². The molecule has 1 aliphatic heterocycles. The summed E-state index contributed by atoms with van der Waals surface area (Å²) in [7, 11) is 3.86. The molecule has 0 aromatic heterocycles. The van der Waals surface area contributed by atoms with Crippen molar-refractivity contribution >= 4 is 36.6 Å². The molecule has 0 bridgehead atoms. The molecule has 138 valence electrons. The molecule has 8 heteroatoms. The highest BCUT2D eigenvalue weighted by atomic mass is 35.5. The Balaban J connectivity index is 0. The van der Waals surface area contributed by atoms with E-state index in [1.54, 1.807) is 0 Å². The molecule has 3 N–H and O–H groups in total. The summed E-state index contributed by atoms with van der Waals surface area (Å²) >= 11 is 0. The number of nitrogens with one attached hydrogen (secondary N) is 1. The maximum Gasteiger partial charge on any atom is 0.240 e. The molecular weight excluding hydrogens is 339 g/mol. The number of likely N-dealkylation sites (tertiary alicyclic amines) is 1. The highest BCUT2D eigenvalue weighted by Crippen LogP contribution is 2.20. The van der Waals surface area contributed by atoms with Crippen molar-refractivity contribution in [2.75, 3.05) is 40.3 Å². The average molecular weight is 371 g/mol. The van der Waals surface area contributed by atoms with Gasteiger partial charge in [-0.1, -0.05) is 13.8 Å². The Morgan fingerprint density at radius 1 is 1.30 bits per heavy atom. The molecule has 0 saturated carbocycles. The summed E-state index contributed by atoms with van der Waals surface area (Å²) in [5, 5.41) is 2.82. The Kier molecular flexibility index (Phi) is 12.8. The van der Waals surface area contributed by atoms with Crippen LogP contribution < -0.4 is 11.1 Å². The molecular formula is C15H32Cl2N4O2. The molecule has 0 radical (unpaired) electrons. The third kappa shape index (κ3) is 7.25. The zero-order valence-electron chi connectivity index (χ0n) is 14.6. The van der Waals surface area contributed by atoms with Crippen LogP contribution >= 0.6 is 24.8 Å². The van der Waals surface area contributed by atoms with E-state index in [2.05, 4.69) is 19.2 Å². The van der Waals surface area contributed by atoms with E-state index < -0.39 is 0 Å². The van der Waals surface area contributed by atoms with Crippen LogP contribution in [0, 0.1) is 11.8 Å². The lowest BCUT2D eigenvalue weighted by Crippen LogP contribution is -2.53. The zero-order chi connectivity index (χ0) is 16.0. The van der Waals surface area contributed by atoms with Gasteiger partial charge in [0.25, 0.3) is 0 Å². The van der Waals surface area contributed by atoms with Crippen LogP contribution in [-0.2, 0) is 9.59 Å². The highest BCUT2D eigenvalue weighted by molar-refractivity contribution is 5.86. The lowest BCUT2D eigenvalue weighted by atomic mass is 9.94. The van der Waals surface area contributed by atoms with Gasteiger partial charge in [-0.3, -0.25) is 14.5 Å². The van der Waals surface area contributed by atoms with Crippen molar-refractivity contribution in [1.29, 1.82) is 0 Å². The van der Waals surface area contributed by atoms with Crippen LogP contribution in [0.15, 0.2) is 0 Å². The summed E-state index contributed by atoms with van der Waals surface area (Å²) in [5.41, 5.74) is 5.40. The number of carbonyl (C=O) groups excluding carboxylic acids is 2. The number of amides is 2.